The molecule has 0 radical (unpaired) electrons. The number of benzene rings is 1. The monoisotopic (exact) mass is 296 g/mol. The van der Waals surface area contributed by atoms with Crippen molar-refractivity contribution in [3.63, 3.8) is 0 Å². The molecule has 114 valence electrons. The minimum Gasteiger partial charge on any atom is -0.368 e. The summed E-state index contributed by atoms with van der Waals surface area (Å²) < 4.78 is 0. The van der Waals surface area contributed by atoms with Crippen LogP contribution >= 0.6 is 0 Å². The largest absolute Gasteiger partial charge is 0.368 e. The van der Waals surface area contributed by atoms with Gasteiger partial charge in [0.15, 0.2) is 0 Å². The molecule has 1 atom stereocenters. The van der Waals surface area contributed by atoms with Crippen molar-refractivity contribution in [3.05, 3.63) is 54.6 Å². The molecular weight excluding hydrogens is 276 g/mol. The zero-order chi connectivity index (χ0) is 15.4. The van der Waals surface area contributed by atoms with Gasteiger partial charge in [-0.05, 0) is 19.1 Å². The van der Waals surface area contributed by atoms with Gasteiger partial charge in [0.2, 0.25) is 5.91 Å². The lowest BCUT2D eigenvalue weighted by atomic mass is 10.1. The minimum atomic E-state index is 0.126. The number of rotatable bonds is 3. The summed E-state index contributed by atoms with van der Waals surface area (Å²) in [6.45, 7) is 4.57. The molecule has 2 heterocycles. The summed E-state index contributed by atoms with van der Waals surface area (Å²) in [5, 5.41) is 0. The predicted octanol–water partition coefficient (Wildman–Crippen LogP) is 1.76. The highest BCUT2D eigenvalue weighted by Crippen LogP contribution is 2.19. The summed E-state index contributed by atoms with van der Waals surface area (Å²) in [7, 11) is 0. The lowest BCUT2D eigenvalue weighted by Gasteiger charge is -2.41. The summed E-state index contributed by atoms with van der Waals surface area (Å²) >= 11 is 0. The van der Waals surface area contributed by atoms with Crippen LogP contribution in [0.2, 0.25) is 0 Å². The van der Waals surface area contributed by atoms with Crippen LogP contribution in [0.5, 0.6) is 0 Å². The first-order valence-corrected chi connectivity index (χ1v) is 7.58. The molecule has 1 aliphatic rings. The second-order valence-corrected chi connectivity index (χ2v) is 5.59. The normalized spacial score (nSPS) is 18.3. The lowest BCUT2D eigenvalue weighted by molar-refractivity contribution is -0.132. The molecule has 0 saturated carbocycles. The number of piperazine rings is 1. The SMILES string of the molecule is C[C@@H]1CN(c2ccccc2)CCN1C(=O)Cc1cnccn1. The van der Waals surface area contributed by atoms with Crippen molar-refractivity contribution < 1.29 is 4.79 Å². The van der Waals surface area contributed by atoms with Crippen molar-refractivity contribution in [3.8, 4) is 0 Å². The maximum atomic E-state index is 12.5. The highest BCUT2D eigenvalue weighted by atomic mass is 16.2. The third-order valence-electron chi connectivity index (χ3n) is 4.02. The summed E-state index contributed by atoms with van der Waals surface area (Å²) in [5.41, 5.74) is 1.94. The molecule has 22 heavy (non-hydrogen) atoms. The molecular formula is C17H20N4O. The average Bonchev–Trinajstić information content (AvgIpc) is 2.56. The molecule has 3 rings (SSSR count). The second-order valence-electron chi connectivity index (χ2n) is 5.59. The number of carbonyl (C=O) groups is 1. The predicted molar refractivity (Wildman–Crippen MR) is 85.6 cm³/mol. The van der Waals surface area contributed by atoms with Crippen LogP contribution in [-0.2, 0) is 11.2 Å². The van der Waals surface area contributed by atoms with Crippen LogP contribution in [0.3, 0.4) is 0 Å². The van der Waals surface area contributed by atoms with E-state index in [4.69, 9.17) is 0 Å². The quantitative estimate of drug-likeness (QED) is 0.866. The minimum absolute atomic E-state index is 0.126. The van der Waals surface area contributed by atoms with Crippen LogP contribution in [0.1, 0.15) is 12.6 Å². The van der Waals surface area contributed by atoms with Gasteiger partial charge in [-0.1, -0.05) is 18.2 Å². The van der Waals surface area contributed by atoms with Crippen LogP contribution < -0.4 is 4.90 Å². The van der Waals surface area contributed by atoms with Gasteiger partial charge in [0.05, 0.1) is 12.1 Å². The second kappa shape index (κ2) is 6.56. The number of anilines is 1. The topological polar surface area (TPSA) is 49.3 Å². The van der Waals surface area contributed by atoms with Crippen LogP contribution in [0.4, 0.5) is 5.69 Å². The molecule has 1 aliphatic heterocycles. The summed E-state index contributed by atoms with van der Waals surface area (Å²) in [6.07, 6.45) is 5.22. The highest BCUT2D eigenvalue weighted by molar-refractivity contribution is 5.79. The fraction of sp³-hybridized carbons (Fsp3) is 0.353. The van der Waals surface area contributed by atoms with Gasteiger partial charge in [0, 0.05) is 50.0 Å². The molecule has 0 N–H and O–H groups in total. The van der Waals surface area contributed by atoms with Gasteiger partial charge >= 0.3 is 0 Å². The van der Waals surface area contributed by atoms with Crippen LogP contribution in [-0.4, -0.2) is 46.5 Å². The van der Waals surface area contributed by atoms with E-state index in [1.54, 1.807) is 18.6 Å². The van der Waals surface area contributed by atoms with Gasteiger partial charge in [-0.25, -0.2) is 0 Å². The number of para-hydroxylation sites is 1. The molecule has 1 saturated heterocycles. The van der Waals surface area contributed by atoms with E-state index in [1.807, 2.05) is 23.1 Å². The van der Waals surface area contributed by atoms with Crippen molar-refractivity contribution in [1.29, 1.82) is 0 Å². The van der Waals surface area contributed by atoms with Gasteiger partial charge in [-0.2, -0.15) is 0 Å². The van der Waals surface area contributed by atoms with Crippen LogP contribution in [0.15, 0.2) is 48.9 Å². The first-order chi connectivity index (χ1) is 10.7. The Balaban J connectivity index is 1.62. The van der Waals surface area contributed by atoms with E-state index in [9.17, 15) is 4.79 Å². The summed E-state index contributed by atoms with van der Waals surface area (Å²) in [5.74, 6) is 0.126. The Morgan fingerprint density at radius 3 is 2.73 bits per heavy atom. The summed E-state index contributed by atoms with van der Waals surface area (Å²) in [6, 6.07) is 10.5. The Labute approximate surface area is 130 Å². The number of carbonyl (C=O) groups excluding carboxylic acids is 1. The molecule has 2 aromatic rings. The Morgan fingerprint density at radius 1 is 1.23 bits per heavy atom. The first-order valence-electron chi connectivity index (χ1n) is 7.58. The molecule has 5 nitrogen and oxygen atoms in total. The number of aromatic nitrogens is 2. The molecule has 0 spiro atoms. The Bertz CT molecular complexity index is 617. The van der Waals surface area contributed by atoms with Gasteiger partial charge in [-0.15, -0.1) is 0 Å². The maximum absolute atomic E-state index is 12.5. The van der Waals surface area contributed by atoms with Crippen molar-refractivity contribution in [2.45, 2.75) is 19.4 Å². The fourth-order valence-corrected chi connectivity index (χ4v) is 2.88. The zero-order valence-electron chi connectivity index (χ0n) is 12.7. The Kier molecular flexibility index (Phi) is 4.32. The van der Waals surface area contributed by atoms with Gasteiger partial charge in [-0.3, -0.25) is 14.8 Å². The molecule has 1 amide bonds. The third kappa shape index (κ3) is 3.24. The van der Waals surface area contributed by atoms with E-state index in [0.717, 1.165) is 25.3 Å². The smallest absolute Gasteiger partial charge is 0.229 e. The summed E-state index contributed by atoms with van der Waals surface area (Å²) in [4.78, 5) is 24.9. The molecule has 0 unspecified atom stereocenters. The molecule has 1 aromatic heterocycles. The van der Waals surface area contributed by atoms with Crippen molar-refractivity contribution in [1.82, 2.24) is 14.9 Å². The standard InChI is InChI=1S/C17H20N4O/c1-14-13-20(16-5-3-2-4-6-16)9-10-21(14)17(22)11-15-12-18-7-8-19-15/h2-8,12,14H,9-11,13H2,1H3/t14-/m1/s1. The lowest BCUT2D eigenvalue weighted by Crippen LogP contribution is -2.54. The fourth-order valence-electron chi connectivity index (χ4n) is 2.88. The van der Waals surface area contributed by atoms with E-state index in [-0.39, 0.29) is 11.9 Å². The zero-order valence-corrected chi connectivity index (χ0v) is 12.7. The van der Waals surface area contributed by atoms with E-state index < -0.39 is 0 Å². The maximum Gasteiger partial charge on any atom is 0.229 e. The Hall–Kier alpha value is -2.43. The van der Waals surface area contributed by atoms with Crippen LogP contribution in [0.25, 0.3) is 0 Å². The average molecular weight is 296 g/mol. The van der Waals surface area contributed by atoms with E-state index >= 15 is 0 Å². The first kappa shape index (κ1) is 14.5. The third-order valence-corrected chi connectivity index (χ3v) is 4.02. The molecule has 0 aliphatic carbocycles. The molecule has 5 heteroatoms. The van der Waals surface area contributed by atoms with Gasteiger partial charge in [0.1, 0.15) is 0 Å². The van der Waals surface area contributed by atoms with Crippen molar-refractivity contribution in [2.75, 3.05) is 24.5 Å². The van der Waals surface area contributed by atoms with Crippen LogP contribution in [0, 0.1) is 0 Å². The highest BCUT2D eigenvalue weighted by Gasteiger charge is 2.27. The van der Waals surface area contributed by atoms with Crippen molar-refractivity contribution in [2.24, 2.45) is 0 Å². The Morgan fingerprint density at radius 2 is 2.05 bits per heavy atom. The van der Waals surface area contributed by atoms with E-state index in [2.05, 4.69) is 33.9 Å². The molecule has 1 fully saturated rings. The number of nitrogens with zero attached hydrogens (tertiary/aromatic N) is 4. The van der Waals surface area contributed by atoms with E-state index in [1.165, 1.54) is 5.69 Å². The van der Waals surface area contributed by atoms with Gasteiger partial charge < -0.3 is 9.80 Å². The van der Waals surface area contributed by atoms with Gasteiger partial charge in [0.25, 0.3) is 0 Å². The van der Waals surface area contributed by atoms with E-state index in [0.29, 0.717) is 6.42 Å². The number of hydrogen-bond donors (Lipinski definition) is 0. The number of amides is 1. The molecule has 1 aromatic carbocycles. The number of hydrogen-bond acceptors (Lipinski definition) is 4. The molecule has 0 bridgehead atoms. The van der Waals surface area contributed by atoms with Crippen molar-refractivity contribution >= 4 is 11.6 Å².